The topological polar surface area (TPSA) is 108 Å². The highest BCUT2D eigenvalue weighted by molar-refractivity contribution is 6.01. The van der Waals surface area contributed by atoms with Gasteiger partial charge in [-0.15, -0.1) is 0 Å². The van der Waals surface area contributed by atoms with Gasteiger partial charge in [0.1, 0.15) is 23.6 Å². The summed E-state index contributed by atoms with van der Waals surface area (Å²) in [5, 5.41) is 10.8. The fourth-order valence-electron chi connectivity index (χ4n) is 5.22. The highest BCUT2D eigenvalue weighted by atomic mass is 16.5. The largest absolute Gasteiger partial charge is 0.496 e. The fraction of sp³-hybridized carbons (Fsp3) is 0.241. The summed E-state index contributed by atoms with van der Waals surface area (Å²) in [6.07, 6.45) is 6.10. The number of carbonyl (C=O) groups is 1. The van der Waals surface area contributed by atoms with E-state index >= 15 is 0 Å². The molecule has 186 valence electrons. The lowest BCUT2D eigenvalue weighted by atomic mass is 10.0. The molecule has 0 aliphatic heterocycles. The Balaban J connectivity index is 1.24. The Morgan fingerprint density at radius 2 is 1.78 bits per heavy atom. The molecule has 0 atom stereocenters. The Morgan fingerprint density at radius 3 is 2.51 bits per heavy atom. The maximum absolute atomic E-state index is 13.0. The van der Waals surface area contributed by atoms with Crippen molar-refractivity contribution in [3.05, 3.63) is 78.1 Å². The lowest BCUT2D eigenvalue weighted by Crippen LogP contribution is -2.23. The van der Waals surface area contributed by atoms with Gasteiger partial charge >= 0.3 is 0 Å². The normalized spacial score (nSPS) is 13.9. The fourth-order valence-corrected chi connectivity index (χ4v) is 5.22. The molecule has 0 unspecified atom stereocenters. The molecule has 0 saturated heterocycles. The van der Waals surface area contributed by atoms with E-state index in [-0.39, 0.29) is 5.91 Å². The van der Waals surface area contributed by atoms with Crippen molar-refractivity contribution in [1.29, 1.82) is 0 Å². The van der Waals surface area contributed by atoms with E-state index in [1.807, 2.05) is 65.3 Å². The molecule has 2 heterocycles. The first-order valence-electron chi connectivity index (χ1n) is 12.6. The number of amides is 1. The first-order chi connectivity index (χ1) is 18.1. The Morgan fingerprint density at radius 1 is 1.05 bits per heavy atom. The van der Waals surface area contributed by atoms with E-state index < -0.39 is 0 Å². The molecule has 1 saturated carbocycles. The van der Waals surface area contributed by atoms with Crippen LogP contribution in [-0.4, -0.2) is 32.8 Å². The Labute approximate surface area is 214 Å². The Bertz CT molecular complexity index is 1600. The van der Waals surface area contributed by atoms with Crippen LogP contribution in [0.2, 0.25) is 0 Å². The van der Waals surface area contributed by atoms with Gasteiger partial charge in [0.25, 0.3) is 5.91 Å². The van der Waals surface area contributed by atoms with Crippen LogP contribution in [0.5, 0.6) is 5.75 Å². The van der Waals surface area contributed by atoms with Gasteiger partial charge < -0.3 is 15.8 Å². The van der Waals surface area contributed by atoms with Gasteiger partial charge in [-0.1, -0.05) is 61.4 Å². The zero-order valence-corrected chi connectivity index (χ0v) is 20.6. The standard InChI is InChI=1S/C29H28N6O2/c1-37-24-15-21-7-3-2-6-20(21)14-23(24)29(36)31-16-18-10-12-19(13-11-18)26-25-27(30)32-17-33-28(25)35(34-26)22-8-4-5-9-22/h2-3,6-7,10-15,17,22H,4-5,8-9,16H2,1H3,(H,31,36)(H2,30,32,33). The monoisotopic (exact) mass is 492 g/mol. The van der Waals surface area contributed by atoms with E-state index in [9.17, 15) is 4.79 Å². The van der Waals surface area contributed by atoms with Crippen LogP contribution in [0.15, 0.2) is 67.0 Å². The number of nitrogens with two attached hydrogens (primary N) is 1. The minimum Gasteiger partial charge on any atom is -0.496 e. The molecule has 1 aliphatic carbocycles. The highest BCUT2D eigenvalue weighted by Crippen LogP contribution is 2.36. The van der Waals surface area contributed by atoms with Gasteiger partial charge in [-0.3, -0.25) is 4.79 Å². The summed E-state index contributed by atoms with van der Waals surface area (Å²) >= 11 is 0. The number of benzene rings is 3. The van der Waals surface area contributed by atoms with Crippen LogP contribution >= 0.6 is 0 Å². The van der Waals surface area contributed by atoms with Crippen LogP contribution in [0.3, 0.4) is 0 Å². The zero-order valence-electron chi connectivity index (χ0n) is 20.6. The third kappa shape index (κ3) is 4.24. The molecule has 3 aromatic carbocycles. The molecule has 8 heteroatoms. The average Bonchev–Trinajstić information content (AvgIpc) is 3.60. The van der Waals surface area contributed by atoms with Crippen molar-refractivity contribution < 1.29 is 9.53 Å². The average molecular weight is 493 g/mol. The number of hydrogen-bond acceptors (Lipinski definition) is 6. The van der Waals surface area contributed by atoms with Gasteiger partial charge in [0.05, 0.1) is 24.1 Å². The molecule has 8 nitrogen and oxygen atoms in total. The molecule has 6 rings (SSSR count). The number of nitrogens with zero attached hydrogens (tertiary/aromatic N) is 4. The molecule has 37 heavy (non-hydrogen) atoms. The van der Waals surface area contributed by atoms with Crippen LogP contribution in [0, 0.1) is 0 Å². The quantitative estimate of drug-likeness (QED) is 0.334. The molecular weight excluding hydrogens is 464 g/mol. The molecule has 0 spiro atoms. The second-order valence-corrected chi connectivity index (χ2v) is 9.47. The number of rotatable bonds is 6. The third-order valence-electron chi connectivity index (χ3n) is 7.18. The van der Waals surface area contributed by atoms with Crippen molar-refractivity contribution >= 4 is 33.5 Å². The number of anilines is 1. The molecule has 1 aliphatic rings. The number of aromatic nitrogens is 4. The van der Waals surface area contributed by atoms with E-state index in [1.165, 1.54) is 19.2 Å². The SMILES string of the molecule is COc1cc2ccccc2cc1C(=O)NCc1ccc(-c2nn(C3CCCC3)c3ncnc(N)c23)cc1. The lowest BCUT2D eigenvalue weighted by Gasteiger charge is -2.11. The number of methoxy groups -OCH3 is 1. The van der Waals surface area contributed by atoms with E-state index in [4.69, 9.17) is 15.6 Å². The summed E-state index contributed by atoms with van der Waals surface area (Å²) in [5.41, 5.74) is 10.3. The highest BCUT2D eigenvalue weighted by Gasteiger charge is 2.24. The van der Waals surface area contributed by atoms with Gasteiger partial charge in [-0.25, -0.2) is 14.6 Å². The number of fused-ring (bicyclic) bond motifs is 2. The van der Waals surface area contributed by atoms with Crippen LogP contribution in [-0.2, 0) is 6.54 Å². The summed E-state index contributed by atoms with van der Waals surface area (Å²) < 4.78 is 7.51. The van der Waals surface area contributed by atoms with Gasteiger partial charge in [0.15, 0.2) is 5.65 Å². The van der Waals surface area contributed by atoms with E-state index in [2.05, 4.69) is 15.3 Å². The van der Waals surface area contributed by atoms with Crippen LogP contribution in [0.4, 0.5) is 5.82 Å². The number of ether oxygens (including phenoxy) is 1. The summed E-state index contributed by atoms with van der Waals surface area (Å²) in [6.45, 7) is 0.387. The first-order valence-corrected chi connectivity index (χ1v) is 12.6. The smallest absolute Gasteiger partial charge is 0.255 e. The maximum atomic E-state index is 13.0. The minimum atomic E-state index is -0.182. The van der Waals surface area contributed by atoms with Crippen molar-refractivity contribution in [2.45, 2.75) is 38.3 Å². The predicted molar refractivity (Wildman–Crippen MR) is 144 cm³/mol. The molecule has 1 fully saturated rings. The van der Waals surface area contributed by atoms with Crippen molar-refractivity contribution in [3.63, 3.8) is 0 Å². The zero-order chi connectivity index (χ0) is 25.4. The molecule has 3 N–H and O–H groups in total. The predicted octanol–water partition coefficient (Wildman–Crippen LogP) is 5.28. The summed E-state index contributed by atoms with van der Waals surface area (Å²) in [6, 6.07) is 20.0. The Kier molecular flexibility index (Phi) is 5.92. The molecule has 0 bridgehead atoms. The van der Waals surface area contributed by atoms with E-state index in [1.54, 1.807) is 7.11 Å². The first kappa shape index (κ1) is 23.0. The number of nitrogens with one attached hydrogen (secondary N) is 1. The van der Waals surface area contributed by atoms with Crippen molar-refractivity contribution in [2.24, 2.45) is 0 Å². The van der Waals surface area contributed by atoms with Crippen LogP contribution in [0.1, 0.15) is 47.6 Å². The van der Waals surface area contributed by atoms with Gasteiger partial charge in [-0.2, -0.15) is 5.10 Å². The second kappa shape index (κ2) is 9.54. The second-order valence-electron chi connectivity index (χ2n) is 9.47. The van der Waals surface area contributed by atoms with Crippen molar-refractivity contribution in [3.8, 4) is 17.0 Å². The molecule has 5 aromatic rings. The van der Waals surface area contributed by atoms with E-state index in [0.717, 1.165) is 51.5 Å². The molecule has 1 amide bonds. The summed E-state index contributed by atoms with van der Waals surface area (Å²) in [4.78, 5) is 21.7. The van der Waals surface area contributed by atoms with Crippen LogP contribution in [0.25, 0.3) is 33.1 Å². The molecule has 2 aromatic heterocycles. The number of carbonyl (C=O) groups excluding carboxylic acids is 1. The van der Waals surface area contributed by atoms with E-state index in [0.29, 0.717) is 29.7 Å². The summed E-state index contributed by atoms with van der Waals surface area (Å²) in [7, 11) is 1.58. The number of nitrogen functional groups attached to an aromatic ring is 1. The maximum Gasteiger partial charge on any atom is 0.255 e. The third-order valence-corrected chi connectivity index (χ3v) is 7.18. The van der Waals surface area contributed by atoms with Crippen LogP contribution < -0.4 is 15.8 Å². The lowest BCUT2D eigenvalue weighted by molar-refractivity contribution is 0.0948. The van der Waals surface area contributed by atoms with Gasteiger partial charge in [0.2, 0.25) is 0 Å². The molecule has 0 radical (unpaired) electrons. The van der Waals surface area contributed by atoms with Gasteiger partial charge in [0, 0.05) is 12.1 Å². The minimum absolute atomic E-state index is 0.182. The van der Waals surface area contributed by atoms with Crippen molar-refractivity contribution in [1.82, 2.24) is 25.1 Å². The van der Waals surface area contributed by atoms with Gasteiger partial charge in [-0.05, 0) is 41.3 Å². The Hall–Kier alpha value is -4.46. The number of hydrogen-bond donors (Lipinski definition) is 2. The molecular formula is C29H28N6O2. The summed E-state index contributed by atoms with van der Waals surface area (Å²) in [5.74, 6) is 0.805. The van der Waals surface area contributed by atoms with Crippen molar-refractivity contribution in [2.75, 3.05) is 12.8 Å².